The van der Waals surface area contributed by atoms with Crippen molar-refractivity contribution < 1.29 is 5.11 Å². The van der Waals surface area contributed by atoms with Gasteiger partial charge < -0.3 is 5.11 Å². The molecule has 1 heterocycles. The topological polar surface area (TPSA) is 81.9 Å². The van der Waals surface area contributed by atoms with Crippen molar-refractivity contribution >= 4 is 0 Å². The van der Waals surface area contributed by atoms with Gasteiger partial charge in [-0.05, 0) is 23.6 Å². The van der Waals surface area contributed by atoms with Crippen LogP contribution in [0.2, 0.25) is 0 Å². The minimum absolute atomic E-state index is 0.105. The third kappa shape index (κ3) is 3.15. The van der Waals surface area contributed by atoms with Crippen molar-refractivity contribution in [3.63, 3.8) is 0 Å². The fourth-order valence-corrected chi connectivity index (χ4v) is 0.834. The number of rotatable bonds is 2. The molecule has 5 nitrogen and oxygen atoms in total. The van der Waals surface area contributed by atoms with E-state index in [4.69, 9.17) is 10.6 Å². The number of nitrogens with zero attached hydrogens (tertiary/aromatic N) is 4. The fraction of sp³-hybridized carbons (Fsp3) is 0.222. The van der Waals surface area contributed by atoms with Gasteiger partial charge in [-0.3, -0.25) is 0 Å². The zero-order chi connectivity index (χ0) is 10.2. The van der Waals surface area contributed by atoms with E-state index in [0.717, 1.165) is 0 Å². The van der Waals surface area contributed by atoms with Gasteiger partial charge in [0.05, 0.1) is 18.8 Å². The molecule has 0 amide bonds. The first kappa shape index (κ1) is 10.1. The fourth-order valence-electron chi connectivity index (χ4n) is 0.834. The number of pyridine rings is 1. The van der Waals surface area contributed by atoms with Crippen molar-refractivity contribution in [2.75, 3.05) is 6.54 Å². The number of aromatic nitrogens is 1. The van der Waals surface area contributed by atoms with Gasteiger partial charge >= 0.3 is 0 Å². The summed E-state index contributed by atoms with van der Waals surface area (Å²) in [6.45, 7) is 0.0212. The van der Waals surface area contributed by atoms with Gasteiger partial charge in [-0.25, -0.2) is 4.98 Å². The zero-order valence-corrected chi connectivity index (χ0v) is 7.38. The van der Waals surface area contributed by atoms with Crippen LogP contribution >= 0.6 is 0 Å². The summed E-state index contributed by atoms with van der Waals surface area (Å²) in [7, 11) is 0. The van der Waals surface area contributed by atoms with Crippen LogP contribution in [0.4, 0.5) is 0 Å². The second kappa shape index (κ2) is 5.60. The smallest absolute Gasteiger partial charge is 0.113 e. The second-order valence-corrected chi connectivity index (χ2v) is 2.36. The standard InChI is InChI=1S/C9H8N4O/c10-13-11-6-2-5-8-3-1-4-9(7-14)12-8/h1,3-4,14H,6-7H2. The van der Waals surface area contributed by atoms with Crippen LogP contribution < -0.4 is 0 Å². The predicted octanol–water partition coefficient (Wildman–Crippen LogP) is 1.24. The van der Waals surface area contributed by atoms with E-state index in [1.165, 1.54) is 0 Å². The van der Waals surface area contributed by atoms with Crippen LogP contribution in [0.25, 0.3) is 10.4 Å². The first-order chi connectivity index (χ1) is 6.86. The molecular weight excluding hydrogens is 180 g/mol. The lowest BCUT2D eigenvalue weighted by molar-refractivity contribution is 0.277. The minimum atomic E-state index is -0.105. The molecule has 0 fully saturated rings. The first-order valence-electron chi connectivity index (χ1n) is 3.93. The summed E-state index contributed by atoms with van der Waals surface area (Å²) < 4.78 is 0. The average Bonchev–Trinajstić information content (AvgIpc) is 2.25. The number of hydrogen-bond acceptors (Lipinski definition) is 3. The van der Waals surface area contributed by atoms with Crippen molar-refractivity contribution in [3.8, 4) is 11.8 Å². The summed E-state index contributed by atoms with van der Waals surface area (Å²) in [5, 5.41) is 12.1. The van der Waals surface area contributed by atoms with Crippen LogP contribution in [0.5, 0.6) is 0 Å². The average molecular weight is 188 g/mol. The van der Waals surface area contributed by atoms with E-state index >= 15 is 0 Å². The quantitative estimate of drug-likeness (QED) is 0.328. The van der Waals surface area contributed by atoms with Gasteiger partial charge in [0, 0.05) is 4.91 Å². The van der Waals surface area contributed by atoms with Crippen LogP contribution in [0.1, 0.15) is 11.4 Å². The summed E-state index contributed by atoms with van der Waals surface area (Å²) in [6.07, 6.45) is 0. The van der Waals surface area contributed by atoms with Crippen molar-refractivity contribution in [3.05, 3.63) is 40.0 Å². The summed E-state index contributed by atoms with van der Waals surface area (Å²) in [5.74, 6) is 5.36. The Kier molecular flexibility index (Phi) is 4.02. The Morgan fingerprint density at radius 1 is 1.57 bits per heavy atom. The maximum absolute atomic E-state index is 8.79. The molecule has 1 aromatic rings. The van der Waals surface area contributed by atoms with Gasteiger partial charge in [0.25, 0.3) is 0 Å². The molecule has 70 valence electrons. The van der Waals surface area contributed by atoms with E-state index in [9.17, 15) is 0 Å². The molecule has 1 rings (SSSR count). The number of aliphatic hydroxyl groups is 1. The van der Waals surface area contributed by atoms with Gasteiger partial charge in [-0.15, -0.1) is 0 Å². The molecule has 0 aliphatic heterocycles. The molecule has 1 aromatic heterocycles. The Morgan fingerprint density at radius 3 is 3.14 bits per heavy atom. The lowest BCUT2D eigenvalue weighted by Crippen LogP contribution is -1.90. The van der Waals surface area contributed by atoms with E-state index in [1.807, 2.05) is 0 Å². The third-order valence-corrected chi connectivity index (χ3v) is 1.40. The highest BCUT2D eigenvalue weighted by Gasteiger charge is 1.91. The maximum atomic E-state index is 8.79. The molecule has 0 saturated carbocycles. The molecule has 0 spiro atoms. The molecule has 0 saturated heterocycles. The monoisotopic (exact) mass is 188 g/mol. The van der Waals surface area contributed by atoms with E-state index in [2.05, 4.69) is 26.9 Å². The van der Waals surface area contributed by atoms with Gasteiger partial charge in [0.1, 0.15) is 5.69 Å². The summed E-state index contributed by atoms with van der Waals surface area (Å²) in [4.78, 5) is 6.59. The molecule has 5 heteroatoms. The van der Waals surface area contributed by atoms with E-state index in [0.29, 0.717) is 11.4 Å². The molecular formula is C9H8N4O. The molecule has 0 radical (unpaired) electrons. The SMILES string of the molecule is [N-]=[N+]=NCC#Cc1cccc(CO)n1. The molecule has 0 aromatic carbocycles. The molecule has 1 N–H and O–H groups in total. The third-order valence-electron chi connectivity index (χ3n) is 1.40. The Morgan fingerprint density at radius 2 is 2.43 bits per heavy atom. The number of hydrogen-bond donors (Lipinski definition) is 1. The van der Waals surface area contributed by atoms with Crippen LogP contribution in [0, 0.1) is 11.8 Å². The Hall–Kier alpha value is -2.02. The van der Waals surface area contributed by atoms with Crippen molar-refractivity contribution in [1.82, 2.24) is 4.98 Å². The highest BCUT2D eigenvalue weighted by molar-refractivity contribution is 5.28. The van der Waals surface area contributed by atoms with Gasteiger partial charge in [0.2, 0.25) is 0 Å². The van der Waals surface area contributed by atoms with E-state index < -0.39 is 0 Å². The van der Waals surface area contributed by atoms with Crippen LogP contribution in [-0.2, 0) is 6.61 Å². The molecule has 14 heavy (non-hydrogen) atoms. The van der Waals surface area contributed by atoms with Crippen molar-refractivity contribution in [2.24, 2.45) is 5.11 Å². The Balaban J connectivity index is 2.73. The predicted molar refractivity (Wildman–Crippen MR) is 51.1 cm³/mol. The van der Waals surface area contributed by atoms with E-state index in [-0.39, 0.29) is 13.2 Å². The molecule has 0 bridgehead atoms. The number of aliphatic hydroxyl groups excluding tert-OH is 1. The van der Waals surface area contributed by atoms with Crippen molar-refractivity contribution in [1.29, 1.82) is 0 Å². The zero-order valence-electron chi connectivity index (χ0n) is 7.38. The second-order valence-electron chi connectivity index (χ2n) is 2.36. The van der Waals surface area contributed by atoms with Crippen LogP contribution in [0.3, 0.4) is 0 Å². The van der Waals surface area contributed by atoms with E-state index in [1.54, 1.807) is 18.2 Å². The molecule has 0 unspecified atom stereocenters. The normalized spacial score (nSPS) is 8.36. The van der Waals surface area contributed by atoms with Gasteiger partial charge in [-0.1, -0.05) is 17.1 Å². The lowest BCUT2D eigenvalue weighted by atomic mass is 10.3. The number of azide groups is 1. The largest absolute Gasteiger partial charge is 0.390 e. The Bertz CT molecular complexity index is 412. The highest BCUT2D eigenvalue weighted by atomic mass is 16.3. The minimum Gasteiger partial charge on any atom is -0.390 e. The molecule has 0 aliphatic rings. The van der Waals surface area contributed by atoms with Gasteiger partial charge in [0.15, 0.2) is 0 Å². The summed E-state index contributed by atoms with van der Waals surface area (Å²) >= 11 is 0. The first-order valence-corrected chi connectivity index (χ1v) is 3.93. The lowest BCUT2D eigenvalue weighted by Gasteiger charge is -1.94. The summed E-state index contributed by atoms with van der Waals surface area (Å²) in [5.41, 5.74) is 9.12. The highest BCUT2D eigenvalue weighted by Crippen LogP contribution is 1.97. The van der Waals surface area contributed by atoms with Crippen LogP contribution in [-0.4, -0.2) is 16.6 Å². The van der Waals surface area contributed by atoms with Gasteiger partial charge in [-0.2, -0.15) is 0 Å². The van der Waals surface area contributed by atoms with Crippen molar-refractivity contribution in [2.45, 2.75) is 6.61 Å². The summed E-state index contributed by atoms with van der Waals surface area (Å²) in [6, 6.07) is 5.19. The van der Waals surface area contributed by atoms with Crippen LogP contribution in [0.15, 0.2) is 23.3 Å². The maximum Gasteiger partial charge on any atom is 0.113 e. The molecule has 0 aliphatic carbocycles. The molecule has 0 atom stereocenters. The Labute approximate surface area is 81.0 Å².